The molecule has 1 unspecified atom stereocenters. The third-order valence-corrected chi connectivity index (χ3v) is 5.65. The monoisotopic (exact) mass is 307 g/mol. The van der Waals surface area contributed by atoms with Crippen molar-refractivity contribution >= 4 is 16.0 Å². The number of ether oxygens (including phenoxy) is 1. The zero-order chi connectivity index (χ0) is 15.2. The van der Waals surface area contributed by atoms with Gasteiger partial charge in [-0.15, -0.1) is 0 Å². The van der Waals surface area contributed by atoms with E-state index in [1.807, 2.05) is 6.92 Å². The Bertz CT molecular complexity index is 403. The molecule has 1 atom stereocenters. The van der Waals surface area contributed by atoms with E-state index in [1.54, 1.807) is 0 Å². The van der Waals surface area contributed by atoms with Crippen LogP contribution in [0.4, 0.5) is 0 Å². The summed E-state index contributed by atoms with van der Waals surface area (Å²) in [5.41, 5.74) is 0. The van der Waals surface area contributed by atoms with Gasteiger partial charge in [-0.1, -0.05) is 19.8 Å². The fraction of sp³-hybridized carbons (Fsp3) is 0.923. The van der Waals surface area contributed by atoms with Crippen LogP contribution in [0.15, 0.2) is 0 Å². The van der Waals surface area contributed by atoms with E-state index >= 15 is 0 Å². The molecule has 6 nitrogen and oxygen atoms in total. The van der Waals surface area contributed by atoms with Gasteiger partial charge in [0.25, 0.3) is 0 Å². The van der Waals surface area contributed by atoms with Gasteiger partial charge in [-0.3, -0.25) is 4.79 Å². The molecule has 0 heterocycles. The Balaban J connectivity index is 2.33. The van der Waals surface area contributed by atoms with Crippen LogP contribution in [0.2, 0.25) is 0 Å². The van der Waals surface area contributed by atoms with Gasteiger partial charge in [0.1, 0.15) is 0 Å². The summed E-state index contributed by atoms with van der Waals surface area (Å²) in [4.78, 5) is 10.5. The summed E-state index contributed by atoms with van der Waals surface area (Å²) in [7, 11) is -1.99. The predicted molar refractivity (Wildman–Crippen MR) is 76.0 cm³/mol. The molecule has 1 rings (SSSR count). The van der Waals surface area contributed by atoms with Crippen LogP contribution in [0.1, 0.15) is 39.0 Å². The molecule has 1 aliphatic rings. The lowest BCUT2D eigenvalue weighted by molar-refractivity contribution is -0.137. The molecular formula is C13H25NO5S. The Morgan fingerprint density at radius 1 is 1.40 bits per heavy atom. The zero-order valence-corrected chi connectivity index (χ0v) is 13.1. The summed E-state index contributed by atoms with van der Waals surface area (Å²) in [6, 6.07) is 0. The summed E-state index contributed by atoms with van der Waals surface area (Å²) in [6.45, 7) is 2.29. The summed E-state index contributed by atoms with van der Waals surface area (Å²) in [6.07, 6.45) is 4.62. The lowest BCUT2D eigenvalue weighted by Crippen LogP contribution is -2.34. The fourth-order valence-electron chi connectivity index (χ4n) is 2.28. The average Bonchev–Trinajstić information content (AvgIpc) is 2.85. The van der Waals surface area contributed by atoms with Gasteiger partial charge in [0.05, 0.1) is 24.9 Å². The Kier molecular flexibility index (Phi) is 6.91. The topological polar surface area (TPSA) is 83.9 Å². The number of rotatable bonds is 9. The van der Waals surface area contributed by atoms with Crippen molar-refractivity contribution in [3.8, 4) is 0 Å². The van der Waals surface area contributed by atoms with Gasteiger partial charge < -0.3 is 9.84 Å². The largest absolute Gasteiger partial charge is 0.481 e. The van der Waals surface area contributed by atoms with Crippen LogP contribution in [0.25, 0.3) is 0 Å². The fourth-order valence-corrected chi connectivity index (χ4v) is 3.72. The number of aliphatic carboxylic acids is 1. The van der Waals surface area contributed by atoms with E-state index in [0.29, 0.717) is 6.61 Å². The van der Waals surface area contributed by atoms with Crippen molar-refractivity contribution in [1.82, 2.24) is 4.31 Å². The first-order valence-corrected chi connectivity index (χ1v) is 8.69. The molecule has 1 saturated carbocycles. The molecule has 7 heteroatoms. The van der Waals surface area contributed by atoms with Gasteiger partial charge >= 0.3 is 5.97 Å². The van der Waals surface area contributed by atoms with Crippen LogP contribution in [0, 0.1) is 5.92 Å². The first-order valence-electron chi connectivity index (χ1n) is 7.08. The Morgan fingerprint density at radius 2 is 2.00 bits per heavy atom. The number of sulfonamides is 1. The van der Waals surface area contributed by atoms with E-state index < -0.39 is 16.0 Å². The van der Waals surface area contributed by atoms with Crippen molar-refractivity contribution < 1.29 is 23.1 Å². The number of carboxylic acids is 1. The van der Waals surface area contributed by atoms with Crippen molar-refractivity contribution in [2.45, 2.75) is 45.1 Å². The smallest absolute Gasteiger partial charge is 0.304 e. The van der Waals surface area contributed by atoms with Crippen LogP contribution in [-0.4, -0.2) is 55.9 Å². The third-order valence-electron chi connectivity index (χ3n) is 3.53. The summed E-state index contributed by atoms with van der Waals surface area (Å²) >= 11 is 0. The van der Waals surface area contributed by atoms with Gasteiger partial charge in [-0.2, -0.15) is 0 Å². The van der Waals surface area contributed by atoms with Crippen molar-refractivity contribution in [2.24, 2.45) is 5.92 Å². The molecule has 0 aromatic carbocycles. The number of hydrogen-bond donors (Lipinski definition) is 1. The summed E-state index contributed by atoms with van der Waals surface area (Å²) < 4.78 is 30.9. The van der Waals surface area contributed by atoms with Crippen LogP contribution in [0.5, 0.6) is 0 Å². The molecule has 1 aliphatic carbocycles. The minimum atomic E-state index is -3.41. The maximum absolute atomic E-state index is 12.0. The van der Waals surface area contributed by atoms with Crippen molar-refractivity contribution in [3.05, 3.63) is 0 Å². The minimum Gasteiger partial charge on any atom is -0.481 e. The standard InChI is InChI=1S/C13H25NO5S/c1-11(9-19-12-5-3-4-6-12)10-20(17,18)14(2)8-7-13(15)16/h11-12H,3-10H2,1-2H3,(H,15,16). The van der Waals surface area contributed by atoms with E-state index in [9.17, 15) is 13.2 Å². The Morgan fingerprint density at radius 3 is 2.55 bits per heavy atom. The van der Waals surface area contributed by atoms with Gasteiger partial charge in [0, 0.05) is 13.6 Å². The SMILES string of the molecule is CC(COC1CCCC1)CS(=O)(=O)N(C)CCC(=O)O. The Labute approximate surface area is 121 Å². The van der Waals surface area contributed by atoms with E-state index in [0.717, 1.165) is 17.1 Å². The molecule has 0 aromatic rings. The highest BCUT2D eigenvalue weighted by Crippen LogP contribution is 2.21. The highest BCUT2D eigenvalue weighted by molar-refractivity contribution is 7.89. The quantitative estimate of drug-likeness (QED) is 0.694. The number of carbonyl (C=O) groups is 1. The highest BCUT2D eigenvalue weighted by Gasteiger charge is 2.23. The molecule has 0 spiro atoms. The molecule has 0 amide bonds. The second-order valence-corrected chi connectivity index (χ2v) is 7.71. The van der Waals surface area contributed by atoms with Crippen molar-refractivity contribution in [2.75, 3.05) is 26.0 Å². The summed E-state index contributed by atoms with van der Waals surface area (Å²) in [5.74, 6) is -1.09. The van der Waals surface area contributed by atoms with Crippen molar-refractivity contribution in [3.63, 3.8) is 0 Å². The first-order chi connectivity index (χ1) is 9.31. The number of carboxylic acid groups (broad SMARTS) is 1. The molecule has 118 valence electrons. The minimum absolute atomic E-state index is 0.00413. The molecule has 0 bridgehead atoms. The maximum Gasteiger partial charge on any atom is 0.304 e. The Hall–Kier alpha value is -0.660. The molecule has 0 saturated heterocycles. The summed E-state index contributed by atoms with van der Waals surface area (Å²) in [5, 5.41) is 8.57. The third kappa shape index (κ3) is 6.19. The lowest BCUT2D eigenvalue weighted by Gasteiger charge is -2.20. The number of nitrogens with zero attached hydrogens (tertiary/aromatic N) is 1. The molecule has 0 aliphatic heterocycles. The zero-order valence-electron chi connectivity index (χ0n) is 12.2. The van der Waals surface area contributed by atoms with Crippen LogP contribution >= 0.6 is 0 Å². The van der Waals surface area contributed by atoms with Crippen LogP contribution in [0.3, 0.4) is 0 Å². The second-order valence-electron chi connectivity index (χ2n) is 5.59. The van der Waals surface area contributed by atoms with Gasteiger partial charge in [0.2, 0.25) is 10.0 Å². The van der Waals surface area contributed by atoms with Crippen LogP contribution in [-0.2, 0) is 19.6 Å². The predicted octanol–water partition coefficient (Wildman–Crippen LogP) is 1.32. The number of hydrogen-bond acceptors (Lipinski definition) is 4. The van der Waals surface area contributed by atoms with Crippen molar-refractivity contribution in [1.29, 1.82) is 0 Å². The molecule has 1 fully saturated rings. The highest BCUT2D eigenvalue weighted by atomic mass is 32.2. The molecule has 0 radical (unpaired) electrons. The lowest BCUT2D eigenvalue weighted by atomic mass is 10.2. The van der Waals surface area contributed by atoms with E-state index in [-0.39, 0.29) is 30.7 Å². The molecule has 20 heavy (non-hydrogen) atoms. The second kappa shape index (κ2) is 7.95. The molecule has 1 N–H and O–H groups in total. The van der Waals surface area contributed by atoms with Gasteiger partial charge in [-0.05, 0) is 18.8 Å². The maximum atomic E-state index is 12.0. The normalized spacial score (nSPS) is 18.6. The van der Waals surface area contributed by atoms with E-state index in [2.05, 4.69) is 0 Å². The molecular weight excluding hydrogens is 282 g/mol. The van der Waals surface area contributed by atoms with Gasteiger partial charge in [0.15, 0.2) is 0 Å². The van der Waals surface area contributed by atoms with E-state index in [1.165, 1.54) is 19.9 Å². The van der Waals surface area contributed by atoms with Crippen LogP contribution < -0.4 is 0 Å². The average molecular weight is 307 g/mol. The first kappa shape index (κ1) is 17.4. The van der Waals surface area contributed by atoms with E-state index in [4.69, 9.17) is 9.84 Å². The van der Waals surface area contributed by atoms with Gasteiger partial charge in [-0.25, -0.2) is 12.7 Å². The molecule has 0 aromatic heterocycles.